The first-order valence-electron chi connectivity index (χ1n) is 6.42. The summed E-state index contributed by atoms with van der Waals surface area (Å²) in [5, 5.41) is 22.3. The lowest BCUT2D eigenvalue weighted by molar-refractivity contribution is -0.130. The highest BCUT2D eigenvalue weighted by molar-refractivity contribution is 5.81. The molecule has 0 bridgehead atoms. The van der Waals surface area contributed by atoms with Crippen molar-refractivity contribution in [2.75, 3.05) is 6.54 Å². The Morgan fingerprint density at radius 1 is 0.900 bits per heavy atom. The minimum absolute atomic E-state index is 0.0622. The summed E-state index contributed by atoms with van der Waals surface area (Å²) in [4.78, 5) is 11.8. The molecule has 0 heterocycles. The first kappa shape index (κ1) is 14.2. The van der Waals surface area contributed by atoms with Crippen molar-refractivity contribution in [3.8, 4) is 0 Å². The smallest absolute Gasteiger partial charge is 0.253 e. The monoisotopic (exact) mass is 271 g/mol. The fraction of sp³-hybridized carbons (Fsp3) is 0.188. The lowest BCUT2D eigenvalue weighted by atomic mass is 10.1. The van der Waals surface area contributed by atoms with Gasteiger partial charge in [0.1, 0.15) is 0 Å². The van der Waals surface area contributed by atoms with Gasteiger partial charge in [-0.05, 0) is 11.1 Å². The van der Waals surface area contributed by atoms with Crippen molar-refractivity contribution in [3.63, 3.8) is 0 Å². The van der Waals surface area contributed by atoms with Crippen LogP contribution in [0.25, 0.3) is 0 Å². The number of nitrogens with one attached hydrogen (secondary N) is 1. The van der Waals surface area contributed by atoms with Gasteiger partial charge in [0, 0.05) is 6.54 Å². The Labute approximate surface area is 117 Å². The van der Waals surface area contributed by atoms with Crippen molar-refractivity contribution in [3.05, 3.63) is 71.8 Å². The molecule has 2 aromatic carbocycles. The van der Waals surface area contributed by atoms with Crippen LogP contribution in [0.4, 0.5) is 0 Å². The molecular formula is C16H17NO3. The fourth-order valence-corrected chi connectivity index (χ4v) is 1.87. The van der Waals surface area contributed by atoms with Crippen molar-refractivity contribution in [2.45, 2.75) is 12.2 Å². The summed E-state index contributed by atoms with van der Waals surface area (Å²) in [5.74, 6) is -0.522. The molecule has 0 aliphatic rings. The topological polar surface area (TPSA) is 69.6 Å². The third-order valence-corrected chi connectivity index (χ3v) is 3.02. The lowest BCUT2D eigenvalue weighted by Crippen LogP contribution is -2.32. The van der Waals surface area contributed by atoms with E-state index in [4.69, 9.17) is 0 Å². The van der Waals surface area contributed by atoms with Crippen LogP contribution in [0.5, 0.6) is 0 Å². The van der Waals surface area contributed by atoms with Gasteiger partial charge in [-0.3, -0.25) is 4.79 Å². The van der Waals surface area contributed by atoms with Gasteiger partial charge in [-0.15, -0.1) is 0 Å². The molecule has 0 unspecified atom stereocenters. The van der Waals surface area contributed by atoms with Crippen molar-refractivity contribution in [1.82, 2.24) is 5.32 Å². The summed E-state index contributed by atoms with van der Waals surface area (Å²) in [6, 6.07) is 17.7. The van der Waals surface area contributed by atoms with Gasteiger partial charge in [0.05, 0.1) is 6.10 Å². The molecule has 0 fully saturated rings. The Kier molecular flexibility index (Phi) is 4.87. The van der Waals surface area contributed by atoms with E-state index in [2.05, 4.69) is 5.32 Å². The molecule has 0 aliphatic heterocycles. The molecule has 3 N–H and O–H groups in total. The maximum absolute atomic E-state index is 11.8. The number of amides is 1. The second-order valence-electron chi connectivity index (χ2n) is 4.48. The van der Waals surface area contributed by atoms with Crippen molar-refractivity contribution >= 4 is 5.91 Å². The molecule has 0 aliphatic carbocycles. The first-order valence-corrected chi connectivity index (χ1v) is 6.42. The SMILES string of the molecule is O=C(NC[C@H](O)c1ccccc1)[C@@H](O)c1ccccc1. The molecule has 2 rings (SSSR count). The molecule has 0 radical (unpaired) electrons. The first-order chi connectivity index (χ1) is 9.68. The van der Waals surface area contributed by atoms with Gasteiger partial charge in [0.2, 0.25) is 0 Å². The zero-order valence-electron chi connectivity index (χ0n) is 10.9. The van der Waals surface area contributed by atoms with Gasteiger partial charge in [-0.2, -0.15) is 0 Å². The van der Waals surface area contributed by atoms with Crippen LogP contribution in [0.15, 0.2) is 60.7 Å². The molecule has 0 spiro atoms. The Bertz CT molecular complexity index is 542. The summed E-state index contributed by atoms with van der Waals surface area (Å²) >= 11 is 0. The summed E-state index contributed by atoms with van der Waals surface area (Å²) in [6.45, 7) is 0.0622. The van der Waals surface area contributed by atoms with Crippen LogP contribution < -0.4 is 5.32 Å². The van der Waals surface area contributed by atoms with Gasteiger partial charge >= 0.3 is 0 Å². The molecule has 104 valence electrons. The van der Waals surface area contributed by atoms with Crippen LogP contribution in [-0.4, -0.2) is 22.7 Å². The largest absolute Gasteiger partial charge is 0.387 e. The highest BCUT2D eigenvalue weighted by atomic mass is 16.3. The van der Waals surface area contributed by atoms with Crippen molar-refractivity contribution in [2.24, 2.45) is 0 Å². The minimum atomic E-state index is -1.22. The Morgan fingerprint density at radius 3 is 1.95 bits per heavy atom. The molecular weight excluding hydrogens is 254 g/mol. The normalized spacial score (nSPS) is 13.5. The van der Waals surface area contributed by atoms with E-state index in [9.17, 15) is 15.0 Å². The van der Waals surface area contributed by atoms with Crippen LogP contribution in [0.1, 0.15) is 23.3 Å². The van der Waals surface area contributed by atoms with E-state index in [1.807, 2.05) is 24.3 Å². The highest BCUT2D eigenvalue weighted by Crippen LogP contribution is 2.14. The quantitative estimate of drug-likeness (QED) is 0.773. The molecule has 0 saturated heterocycles. The molecule has 0 saturated carbocycles. The number of aliphatic hydroxyl groups excluding tert-OH is 2. The number of rotatable bonds is 5. The zero-order valence-corrected chi connectivity index (χ0v) is 10.9. The van der Waals surface area contributed by atoms with E-state index in [1.54, 1.807) is 36.4 Å². The Balaban J connectivity index is 1.89. The molecule has 4 nitrogen and oxygen atoms in total. The van der Waals surface area contributed by atoms with Crippen LogP contribution >= 0.6 is 0 Å². The fourth-order valence-electron chi connectivity index (χ4n) is 1.87. The van der Waals surface area contributed by atoms with E-state index in [0.717, 1.165) is 5.56 Å². The van der Waals surface area contributed by atoms with Crippen molar-refractivity contribution in [1.29, 1.82) is 0 Å². The minimum Gasteiger partial charge on any atom is -0.387 e. The highest BCUT2D eigenvalue weighted by Gasteiger charge is 2.18. The van der Waals surface area contributed by atoms with Gasteiger partial charge < -0.3 is 15.5 Å². The number of carbonyl (C=O) groups excluding carboxylic acids is 1. The van der Waals surface area contributed by atoms with Crippen molar-refractivity contribution < 1.29 is 15.0 Å². The van der Waals surface area contributed by atoms with E-state index in [0.29, 0.717) is 5.56 Å². The Hall–Kier alpha value is -2.17. The summed E-state index contributed by atoms with van der Waals surface area (Å²) in [7, 11) is 0. The predicted molar refractivity (Wildman–Crippen MR) is 75.8 cm³/mol. The van der Waals surface area contributed by atoms with Gasteiger partial charge in [0.15, 0.2) is 6.10 Å². The van der Waals surface area contributed by atoms with Crippen LogP contribution in [-0.2, 0) is 4.79 Å². The number of hydrogen-bond donors (Lipinski definition) is 3. The van der Waals surface area contributed by atoms with Gasteiger partial charge in [0.25, 0.3) is 5.91 Å². The zero-order chi connectivity index (χ0) is 14.4. The van der Waals surface area contributed by atoms with Crippen LogP contribution in [0, 0.1) is 0 Å². The molecule has 1 amide bonds. The molecule has 4 heteroatoms. The number of carbonyl (C=O) groups is 1. The summed E-state index contributed by atoms with van der Waals surface area (Å²) in [5.41, 5.74) is 1.25. The third kappa shape index (κ3) is 3.66. The third-order valence-electron chi connectivity index (χ3n) is 3.02. The summed E-state index contributed by atoms with van der Waals surface area (Å²) in [6.07, 6.45) is -2.01. The van der Waals surface area contributed by atoms with Crippen LogP contribution in [0.2, 0.25) is 0 Å². The van der Waals surface area contributed by atoms with Gasteiger partial charge in [-0.25, -0.2) is 0 Å². The van der Waals surface area contributed by atoms with E-state index >= 15 is 0 Å². The second-order valence-corrected chi connectivity index (χ2v) is 4.48. The maximum atomic E-state index is 11.8. The van der Waals surface area contributed by atoms with E-state index in [1.165, 1.54) is 0 Å². The Morgan fingerprint density at radius 2 is 1.40 bits per heavy atom. The second kappa shape index (κ2) is 6.84. The molecule has 2 aromatic rings. The molecule has 0 aromatic heterocycles. The van der Waals surface area contributed by atoms with E-state index < -0.39 is 18.1 Å². The average Bonchev–Trinajstić information content (AvgIpc) is 2.53. The molecule has 20 heavy (non-hydrogen) atoms. The number of aliphatic hydroxyl groups is 2. The maximum Gasteiger partial charge on any atom is 0.253 e. The summed E-state index contributed by atoms with van der Waals surface area (Å²) < 4.78 is 0. The number of benzene rings is 2. The number of hydrogen-bond acceptors (Lipinski definition) is 3. The van der Waals surface area contributed by atoms with Crippen LogP contribution in [0.3, 0.4) is 0 Å². The van der Waals surface area contributed by atoms with Gasteiger partial charge in [-0.1, -0.05) is 60.7 Å². The standard InChI is InChI=1S/C16H17NO3/c18-14(12-7-3-1-4-8-12)11-17-16(20)15(19)13-9-5-2-6-10-13/h1-10,14-15,18-19H,11H2,(H,17,20)/t14-,15-/m0/s1. The van der Waals surface area contributed by atoms with E-state index in [-0.39, 0.29) is 6.54 Å². The molecule has 2 atom stereocenters. The lowest BCUT2D eigenvalue weighted by Gasteiger charge is -2.15. The predicted octanol–water partition coefficient (Wildman–Crippen LogP) is 1.57. The average molecular weight is 271 g/mol.